The van der Waals surface area contributed by atoms with Crippen molar-refractivity contribution in [2.75, 3.05) is 11.1 Å². The molecular formula is C21H17N5O3S2. The molecule has 1 N–H and O–H groups in total. The van der Waals surface area contributed by atoms with Crippen molar-refractivity contribution < 1.29 is 9.72 Å². The van der Waals surface area contributed by atoms with E-state index in [1.807, 2.05) is 31.2 Å². The Bertz CT molecular complexity index is 1290. The Balaban J connectivity index is 1.49. The van der Waals surface area contributed by atoms with Gasteiger partial charge < -0.3 is 5.32 Å². The van der Waals surface area contributed by atoms with E-state index in [4.69, 9.17) is 0 Å². The van der Waals surface area contributed by atoms with Gasteiger partial charge in [-0.15, -0.1) is 0 Å². The number of non-ortho nitro benzene ring substituents is 1. The Morgan fingerprint density at radius 2 is 1.94 bits per heavy atom. The fourth-order valence-electron chi connectivity index (χ4n) is 2.97. The normalized spacial score (nSPS) is 10.9. The van der Waals surface area contributed by atoms with E-state index in [1.54, 1.807) is 6.92 Å². The van der Waals surface area contributed by atoms with Gasteiger partial charge >= 0.3 is 0 Å². The molecule has 0 spiro atoms. The van der Waals surface area contributed by atoms with Crippen LogP contribution in [-0.2, 0) is 4.79 Å². The molecule has 0 saturated heterocycles. The molecule has 2 aromatic carbocycles. The van der Waals surface area contributed by atoms with E-state index in [0.29, 0.717) is 16.3 Å². The molecule has 0 fully saturated rings. The van der Waals surface area contributed by atoms with Crippen molar-refractivity contribution in [3.63, 3.8) is 0 Å². The van der Waals surface area contributed by atoms with Gasteiger partial charge in [-0.25, -0.2) is 9.97 Å². The number of nitrogens with zero attached hydrogens (tertiary/aromatic N) is 4. The highest BCUT2D eigenvalue weighted by Gasteiger charge is 2.16. The first-order chi connectivity index (χ1) is 14.9. The number of nitro groups is 1. The zero-order valence-electron chi connectivity index (χ0n) is 16.7. The average molecular weight is 452 g/mol. The highest BCUT2D eigenvalue weighted by atomic mass is 32.2. The molecule has 0 aliphatic heterocycles. The van der Waals surface area contributed by atoms with Crippen LogP contribution in [0.25, 0.3) is 21.5 Å². The van der Waals surface area contributed by atoms with Crippen LogP contribution in [0, 0.1) is 24.0 Å². The fraction of sp³-hybridized carbons (Fsp3) is 0.143. The SMILES string of the molecule is Cc1ccc(-c2nsc3c(SCC(=O)Nc4ccc([N+](=O)[O-])cc4C)ncnc23)cc1. The second-order valence-corrected chi connectivity index (χ2v) is 8.58. The van der Waals surface area contributed by atoms with E-state index in [2.05, 4.69) is 19.7 Å². The van der Waals surface area contributed by atoms with E-state index in [-0.39, 0.29) is 17.3 Å². The molecule has 2 aromatic heterocycles. The number of carbonyl (C=O) groups is 1. The summed E-state index contributed by atoms with van der Waals surface area (Å²) < 4.78 is 5.39. The van der Waals surface area contributed by atoms with E-state index >= 15 is 0 Å². The summed E-state index contributed by atoms with van der Waals surface area (Å²) in [4.78, 5) is 31.5. The number of anilines is 1. The average Bonchev–Trinajstić information content (AvgIpc) is 3.19. The van der Waals surface area contributed by atoms with Gasteiger partial charge in [0.2, 0.25) is 5.91 Å². The third-order valence-electron chi connectivity index (χ3n) is 4.58. The van der Waals surface area contributed by atoms with E-state index in [0.717, 1.165) is 21.5 Å². The molecule has 0 aliphatic rings. The summed E-state index contributed by atoms with van der Waals surface area (Å²) in [7, 11) is 0. The second-order valence-electron chi connectivity index (χ2n) is 6.85. The minimum absolute atomic E-state index is 0.0113. The van der Waals surface area contributed by atoms with Gasteiger partial charge in [0.05, 0.1) is 10.7 Å². The number of aromatic nitrogens is 3. The molecule has 10 heteroatoms. The van der Waals surface area contributed by atoms with E-state index in [9.17, 15) is 14.9 Å². The molecule has 1 amide bonds. The monoisotopic (exact) mass is 451 g/mol. The summed E-state index contributed by atoms with van der Waals surface area (Å²) in [5, 5.41) is 14.3. The van der Waals surface area contributed by atoms with Crippen molar-refractivity contribution >= 4 is 50.8 Å². The van der Waals surface area contributed by atoms with Gasteiger partial charge in [0.1, 0.15) is 27.3 Å². The first-order valence-electron chi connectivity index (χ1n) is 9.27. The lowest BCUT2D eigenvalue weighted by Gasteiger charge is -2.08. The summed E-state index contributed by atoms with van der Waals surface area (Å²) in [5.41, 5.74) is 4.88. The predicted octanol–water partition coefficient (Wildman–Crippen LogP) is 5.01. The number of rotatable bonds is 6. The molecular weight excluding hydrogens is 434 g/mol. The first-order valence-corrected chi connectivity index (χ1v) is 11.0. The van der Waals surface area contributed by atoms with Crippen molar-refractivity contribution in [2.45, 2.75) is 18.9 Å². The van der Waals surface area contributed by atoms with Gasteiger partial charge in [0.15, 0.2) is 0 Å². The summed E-state index contributed by atoms with van der Waals surface area (Å²) >= 11 is 2.61. The lowest BCUT2D eigenvalue weighted by Crippen LogP contribution is -2.15. The van der Waals surface area contributed by atoms with Gasteiger partial charge in [-0.3, -0.25) is 14.9 Å². The van der Waals surface area contributed by atoms with Crippen LogP contribution < -0.4 is 5.32 Å². The molecule has 0 atom stereocenters. The third-order valence-corrected chi connectivity index (χ3v) is 6.55. The topological polar surface area (TPSA) is 111 Å². The van der Waals surface area contributed by atoms with Crippen molar-refractivity contribution in [2.24, 2.45) is 0 Å². The minimum atomic E-state index is -0.464. The van der Waals surface area contributed by atoms with Gasteiger partial charge in [-0.2, -0.15) is 4.37 Å². The molecule has 8 nitrogen and oxygen atoms in total. The number of hydrogen-bond acceptors (Lipinski definition) is 8. The maximum atomic E-state index is 12.4. The Morgan fingerprint density at radius 1 is 1.16 bits per heavy atom. The van der Waals surface area contributed by atoms with Crippen molar-refractivity contribution in [3.8, 4) is 11.3 Å². The lowest BCUT2D eigenvalue weighted by molar-refractivity contribution is -0.384. The van der Waals surface area contributed by atoms with Gasteiger partial charge in [0.25, 0.3) is 5.69 Å². The van der Waals surface area contributed by atoms with Gasteiger partial charge in [0, 0.05) is 23.4 Å². The Labute approximate surface area is 186 Å². The van der Waals surface area contributed by atoms with Crippen LogP contribution in [0.3, 0.4) is 0 Å². The number of aryl methyl sites for hydroxylation is 2. The molecule has 4 aromatic rings. The lowest BCUT2D eigenvalue weighted by atomic mass is 10.1. The zero-order valence-corrected chi connectivity index (χ0v) is 18.3. The van der Waals surface area contributed by atoms with E-state index < -0.39 is 4.92 Å². The van der Waals surface area contributed by atoms with Crippen LogP contribution in [-0.4, -0.2) is 30.9 Å². The maximum absolute atomic E-state index is 12.4. The fourth-order valence-corrected chi connectivity index (χ4v) is 4.69. The predicted molar refractivity (Wildman–Crippen MR) is 123 cm³/mol. The summed E-state index contributed by atoms with van der Waals surface area (Å²) in [6, 6.07) is 12.4. The van der Waals surface area contributed by atoms with Crippen molar-refractivity contribution in [1.82, 2.24) is 14.3 Å². The van der Waals surface area contributed by atoms with Crippen LogP contribution in [0.15, 0.2) is 53.8 Å². The standard InChI is InChI=1S/C21H17N5O3S2/c1-12-3-5-14(6-4-12)18-19-20(31-25-18)21(23-11-22-19)30-10-17(27)24-16-8-7-15(26(28)29)9-13(16)2/h3-9,11H,10H2,1-2H3,(H,24,27). The van der Waals surface area contributed by atoms with Crippen molar-refractivity contribution in [3.05, 3.63) is 70.0 Å². The number of thioether (sulfide) groups is 1. The van der Waals surface area contributed by atoms with Crippen LogP contribution in [0.4, 0.5) is 11.4 Å². The molecule has 0 saturated carbocycles. The molecule has 0 aliphatic carbocycles. The number of amides is 1. The minimum Gasteiger partial charge on any atom is -0.325 e. The molecule has 31 heavy (non-hydrogen) atoms. The number of fused-ring (bicyclic) bond motifs is 1. The first kappa shape index (κ1) is 20.9. The van der Waals surface area contributed by atoms with Gasteiger partial charge in [-0.05, 0) is 37.0 Å². The maximum Gasteiger partial charge on any atom is 0.269 e. The Kier molecular flexibility index (Phi) is 5.92. The molecule has 0 unspecified atom stereocenters. The smallest absolute Gasteiger partial charge is 0.269 e. The van der Waals surface area contributed by atoms with Crippen molar-refractivity contribution in [1.29, 1.82) is 0 Å². The number of nitro benzene ring substituents is 1. The largest absolute Gasteiger partial charge is 0.325 e. The second kappa shape index (κ2) is 8.78. The molecule has 2 heterocycles. The van der Waals surface area contributed by atoms with Gasteiger partial charge in [-0.1, -0.05) is 41.6 Å². The number of carbonyl (C=O) groups excluding carboxylic acids is 1. The highest BCUT2D eigenvalue weighted by Crippen LogP contribution is 2.34. The number of nitrogens with one attached hydrogen (secondary N) is 1. The highest BCUT2D eigenvalue weighted by molar-refractivity contribution is 8.00. The molecule has 156 valence electrons. The van der Waals surface area contributed by atoms with Crippen LogP contribution in [0.1, 0.15) is 11.1 Å². The summed E-state index contributed by atoms with van der Waals surface area (Å²) in [5.74, 6) is -0.0858. The molecule has 0 bridgehead atoms. The quantitative estimate of drug-likeness (QED) is 0.190. The number of hydrogen-bond donors (Lipinski definition) is 1. The Hall–Kier alpha value is -3.37. The Morgan fingerprint density at radius 3 is 2.65 bits per heavy atom. The zero-order chi connectivity index (χ0) is 22.0. The van der Waals surface area contributed by atoms with Crippen LogP contribution in [0.5, 0.6) is 0 Å². The summed E-state index contributed by atoms with van der Waals surface area (Å²) in [6.45, 7) is 3.75. The number of benzene rings is 2. The van der Waals surface area contributed by atoms with E-state index in [1.165, 1.54) is 53.4 Å². The van der Waals surface area contributed by atoms with Crippen LogP contribution >= 0.6 is 23.3 Å². The molecule has 0 radical (unpaired) electrons. The third kappa shape index (κ3) is 4.54. The summed E-state index contributed by atoms with van der Waals surface area (Å²) in [6.07, 6.45) is 1.48. The van der Waals surface area contributed by atoms with Crippen LogP contribution in [0.2, 0.25) is 0 Å². The molecule has 4 rings (SSSR count).